The molecule has 0 saturated carbocycles. The van der Waals surface area contributed by atoms with Gasteiger partial charge in [0.05, 0.1) is 17.9 Å². The van der Waals surface area contributed by atoms with Gasteiger partial charge in [0.25, 0.3) is 0 Å². The zero-order valence-corrected chi connectivity index (χ0v) is 15.4. The molecule has 0 spiro atoms. The molecule has 0 atom stereocenters. The van der Waals surface area contributed by atoms with Crippen molar-refractivity contribution in [3.05, 3.63) is 65.7 Å². The molecule has 2 N–H and O–H groups in total. The van der Waals surface area contributed by atoms with E-state index in [1.54, 1.807) is 48.5 Å². The summed E-state index contributed by atoms with van der Waals surface area (Å²) in [6, 6.07) is 15.9. The Bertz CT molecular complexity index is 847. The number of sulfone groups is 1. The van der Waals surface area contributed by atoms with Crippen LogP contribution < -0.4 is 10.6 Å². The van der Waals surface area contributed by atoms with Crippen molar-refractivity contribution in [3.8, 4) is 0 Å². The molecular weight excluding hydrogens is 352 g/mol. The van der Waals surface area contributed by atoms with Crippen LogP contribution in [0.4, 0.5) is 5.69 Å². The minimum Gasteiger partial charge on any atom is -0.355 e. The molecule has 0 heterocycles. The maximum absolute atomic E-state index is 12.1. The van der Waals surface area contributed by atoms with Crippen molar-refractivity contribution in [3.63, 3.8) is 0 Å². The van der Waals surface area contributed by atoms with Gasteiger partial charge in [0, 0.05) is 19.2 Å². The largest absolute Gasteiger partial charge is 0.355 e. The molecule has 0 bridgehead atoms. The highest BCUT2D eigenvalue weighted by molar-refractivity contribution is 7.90. The molecule has 2 rings (SSSR count). The van der Waals surface area contributed by atoms with Crippen LogP contribution in [0.2, 0.25) is 0 Å². The van der Waals surface area contributed by atoms with Crippen molar-refractivity contribution in [2.75, 3.05) is 17.6 Å². The van der Waals surface area contributed by atoms with Gasteiger partial charge in [0.1, 0.15) is 0 Å². The molecule has 0 fully saturated rings. The van der Waals surface area contributed by atoms with E-state index in [2.05, 4.69) is 10.6 Å². The highest BCUT2D eigenvalue weighted by Gasteiger charge is 2.12. The van der Waals surface area contributed by atoms with Crippen LogP contribution in [0.15, 0.2) is 54.6 Å². The first-order valence-corrected chi connectivity index (χ1v) is 10.0. The molecule has 0 aliphatic heterocycles. The van der Waals surface area contributed by atoms with E-state index in [1.807, 2.05) is 6.07 Å². The third-order valence-electron chi connectivity index (χ3n) is 3.60. The average Bonchev–Trinajstić information content (AvgIpc) is 2.56. The Kier molecular flexibility index (Phi) is 6.91. The third-order valence-corrected chi connectivity index (χ3v) is 5.20. The fraction of sp³-hybridized carbons (Fsp3) is 0.263. The number of hydrogen-bond donors (Lipinski definition) is 2. The summed E-state index contributed by atoms with van der Waals surface area (Å²) < 4.78 is 24.2. The molecule has 7 heteroatoms. The second kappa shape index (κ2) is 9.15. The fourth-order valence-electron chi connectivity index (χ4n) is 2.40. The van der Waals surface area contributed by atoms with E-state index in [0.717, 1.165) is 11.1 Å². The van der Waals surface area contributed by atoms with Crippen LogP contribution in [0, 0.1) is 0 Å². The van der Waals surface area contributed by atoms with E-state index in [9.17, 15) is 18.0 Å². The molecule has 0 radical (unpaired) electrons. The van der Waals surface area contributed by atoms with E-state index in [0.29, 0.717) is 5.69 Å². The Morgan fingerprint density at radius 3 is 2.19 bits per heavy atom. The molecule has 0 aromatic heterocycles. The highest BCUT2D eigenvalue weighted by atomic mass is 32.2. The van der Waals surface area contributed by atoms with Crippen LogP contribution >= 0.6 is 0 Å². The molecule has 2 aromatic rings. The lowest BCUT2D eigenvalue weighted by Gasteiger charge is -2.08. The van der Waals surface area contributed by atoms with Gasteiger partial charge in [-0.3, -0.25) is 9.59 Å². The van der Waals surface area contributed by atoms with E-state index in [1.165, 1.54) is 6.92 Å². The van der Waals surface area contributed by atoms with Crippen molar-refractivity contribution in [1.29, 1.82) is 0 Å². The minimum atomic E-state index is -3.28. The van der Waals surface area contributed by atoms with E-state index >= 15 is 0 Å². The summed E-state index contributed by atoms with van der Waals surface area (Å²) in [5.74, 6) is -0.539. The predicted octanol–water partition coefficient (Wildman–Crippen LogP) is 1.92. The van der Waals surface area contributed by atoms with E-state index in [4.69, 9.17) is 0 Å². The van der Waals surface area contributed by atoms with Crippen LogP contribution in [-0.4, -0.2) is 32.5 Å². The van der Waals surface area contributed by atoms with Crippen LogP contribution in [0.1, 0.15) is 18.1 Å². The SMILES string of the molecule is CC(=O)Nc1ccc(CC(=O)NCCS(=O)(=O)Cc2ccccc2)cc1. The Hall–Kier alpha value is -2.67. The lowest BCUT2D eigenvalue weighted by Crippen LogP contribution is -2.30. The Balaban J connectivity index is 1.77. The van der Waals surface area contributed by atoms with Crippen molar-refractivity contribution >= 4 is 27.3 Å². The van der Waals surface area contributed by atoms with Crippen molar-refractivity contribution in [2.45, 2.75) is 19.1 Å². The Morgan fingerprint density at radius 1 is 0.923 bits per heavy atom. The molecule has 2 amide bonds. The number of nitrogens with one attached hydrogen (secondary N) is 2. The number of anilines is 1. The van der Waals surface area contributed by atoms with E-state index in [-0.39, 0.29) is 36.3 Å². The van der Waals surface area contributed by atoms with Gasteiger partial charge in [0.15, 0.2) is 9.84 Å². The lowest BCUT2D eigenvalue weighted by atomic mass is 10.1. The Labute approximate surface area is 153 Å². The summed E-state index contributed by atoms with van der Waals surface area (Å²) in [7, 11) is -3.28. The molecule has 0 aliphatic rings. The van der Waals surface area contributed by atoms with Crippen LogP contribution in [-0.2, 0) is 31.6 Å². The molecule has 0 aliphatic carbocycles. The van der Waals surface area contributed by atoms with Gasteiger partial charge in [-0.05, 0) is 23.3 Å². The molecule has 0 unspecified atom stereocenters. The Morgan fingerprint density at radius 2 is 1.58 bits per heavy atom. The first kappa shape index (κ1) is 19.7. The number of rotatable bonds is 8. The van der Waals surface area contributed by atoms with Gasteiger partial charge in [-0.25, -0.2) is 8.42 Å². The van der Waals surface area contributed by atoms with Crippen LogP contribution in [0.25, 0.3) is 0 Å². The number of amides is 2. The van der Waals surface area contributed by atoms with Gasteiger partial charge in [0.2, 0.25) is 11.8 Å². The van der Waals surface area contributed by atoms with Gasteiger partial charge in [-0.1, -0.05) is 42.5 Å². The van der Waals surface area contributed by atoms with Gasteiger partial charge in [-0.15, -0.1) is 0 Å². The van der Waals surface area contributed by atoms with E-state index < -0.39 is 9.84 Å². The quantitative estimate of drug-likeness (QED) is 0.738. The summed E-state index contributed by atoms with van der Waals surface area (Å²) in [5, 5.41) is 5.28. The fourth-order valence-corrected chi connectivity index (χ4v) is 3.66. The maximum Gasteiger partial charge on any atom is 0.224 e. The third kappa shape index (κ3) is 7.06. The molecule has 2 aromatic carbocycles. The lowest BCUT2D eigenvalue weighted by molar-refractivity contribution is -0.120. The standard InChI is InChI=1S/C19H22N2O4S/c1-15(22)21-18-9-7-16(8-10-18)13-19(23)20-11-12-26(24,25)14-17-5-3-2-4-6-17/h2-10H,11-14H2,1H3,(H,20,23)(H,21,22). The van der Waals surface area contributed by atoms with Crippen LogP contribution in [0.5, 0.6) is 0 Å². The topological polar surface area (TPSA) is 92.3 Å². The summed E-state index contributed by atoms with van der Waals surface area (Å²) in [5.41, 5.74) is 2.18. The summed E-state index contributed by atoms with van der Waals surface area (Å²) in [6.45, 7) is 1.51. The van der Waals surface area contributed by atoms with Gasteiger partial charge < -0.3 is 10.6 Å². The number of carbonyl (C=O) groups is 2. The number of hydrogen-bond acceptors (Lipinski definition) is 4. The summed E-state index contributed by atoms with van der Waals surface area (Å²) in [6.07, 6.45) is 0.152. The molecule has 26 heavy (non-hydrogen) atoms. The molecule has 6 nitrogen and oxygen atoms in total. The monoisotopic (exact) mass is 374 g/mol. The van der Waals surface area contributed by atoms with Crippen molar-refractivity contribution < 1.29 is 18.0 Å². The first-order valence-electron chi connectivity index (χ1n) is 8.22. The van der Waals surface area contributed by atoms with Crippen molar-refractivity contribution in [2.24, 2.45) is 0 Å². The predicted molar refractivity (Wildman–Crippen MR) is 101 cm³/mol. The van der Waals surface area contributed by atoms with Gasteiger partial charge in [-0.2, -0.15) is 0 Å². The van der Waals surface area contributed by atoms with Crippen LogP contribution in [0.3, 0.4) is 0 Å². The highest BCUT2D eigenvalue weighted by Crippen LogP contribution is 2.10. The zero-order valence-electron chi connectivity index (χ0n) is 14.6. The number of benzene rings is 2. The molecular formula is C19H22N2O4S. The molecule has 138 valence electrons. The normalized spacial score (nSPS) is 11.0. The minimum absolute atomic E-state index is 0.0334. The van der Waals surface area contributed by atoms with Gasteiger partial charge >= 0.3 is 0 Å². The average molecular weight is 374 g/mol. The molecule has 0 saturated heterocycles. The second-order valence-electron chi connectivity index (χ2n) is 5.98. The summed E-state index contributed by atoms with van der Waals surface area (Å²) >= 11 is 0. The first-order chi connectivity index (χ1) is 12.3. The summed E-state index contributed by atoms with van der Waals surface area (Å²) in [4.78, 5) is 22.9. The number of carbonyl (C=O) groups excluding carboxylic acids is 2. The smallest absolute Gasteiger partial charge is 0.224 e. The zero-order chi connectivity index (χ0) is 19.0. The van der Waals surface area contributed by atoms with Crippen molar-refractivity contribution in [1.82, 2.24) is 5.32 Å². The second-order valence-corrected chi connectivity index (χ2v) is 8.17. The maximum atomic E-state index is 12.1.